The summed E-state index contributed by atoms with van der Waals surface area (Å²) in [4.78, 5) is 11.0. The first-order chi connectivity index (χ1) is 7.77. The number of hydrogen-bond acceptors (Lipinski definition) is 3. The Kier molecular flexibility index (Phi) is 4.92. The zero-order valence-corrected chi connectivity index (χ0v) is 10.1. The first-order valence-electron chi connectivity index (χ1n) is 4.94. The summed E-state index contributed by atoms with van der Waals surface area (Å²) in [6.45, 7) is 3.48. The third-order valence-corrected chi connectivity index (χ3v) is 1.71. The number of alkyl carbamates (subject to hydrolysis) is 1. The molecule has 108 valence electrons. The Balaban J connectivity index is 4.36. The standard InChI is InChI=1S/C9H15F5N2O2/c1-7(2,3)18-6(17)16-4-5(15)8(10,11)9(12,13)14/h5H,4,15H2,1-3H3,(H,16,17). The van der Waals surface area contributed by atoms with E-state index in [9.17, 15) is 26.7 Å². The normalized spacial score (nSPS) is 15.2. The summed E-state index contributed by atoms with van der Waals surface area (Å²) >= 11 is 0. The molecular weight excluding hydrogens is 263 g/mol. The van der Waals surface area contributed by atoms with Crippen LogP contribution in [0.4, 0.5) is 26.7 Å². The number of nitrogens with two attached hydrogens (primary N) is 1. The van der Waals surface area contributed by atoms with Crippen LogP contribution in [0.15, 0.2) is 0 Å². The zero-order chi connectivity index (χ0) is 14.8. The first kappa shape index (κ1) is 16.9. The molecule has 0 aliphatic heterocycles. The lowest BCUT2D eigenvalue weighted by Gasteiger charge is -2.26. The fourth-order valence-electron chi connectivity index (χ4n) is 0.846. The van der Waals surface area contributed by atoms with Crippen molar-refractivity contribution < 1.29 is 31.5 Å². The second-order valence-electron chi connectivity index (χ2n) is 4.61. The number of carbonyl (C=O) groups excluding carboxylic acids is 1. The summed E-state index contributed by atoms with van der Waals surface area (Å²) in [6, 6.07) is -2.58. The van der Waals surface area contributed by atoms with Crippen molar-refractivity contribution in [1.82, 2.24) is 5.32 Å². The molecule has 1 atom stereocenters. The maximum Gasteiger partial charge on any atom is 0.455 e. The minimum atomic E-state index is -5.76. The van der Waals surface area contributed by atoms with Crippen LogP contribution in [0.5, 0.6) is 0 Å². The lowest BCUT2D eigenvalue weighted by atomic mass is 10.1. The van der Waals surface area contributed by atoms with Crippen LogP contribution >= 0.6 is 0 Å². The lowest BCUT2D eigenvalue weighted by molar-refractivity contribution is -0.289. The van der Waals surface area contributed by atoms with Crippen LogP contribution in [0.1, 0.15) is 20.8 Å². The number of hydrogen-bond donors (Lipinski definition) is 2. The van der Waals surface area contributed by atoms with E-state index < -0.39 is 36.4 Å². The van der Waals surface area contributed by atoms with Crippen molar-refractivity contribution in [3.8, 4) is 0 Å². The van der Waals surface area contributed by atoms with Gasteiger partial charge in [-0.15, -0.1) is 0 Å². The number of carbonyl (C=O) groups is 1. The summed E-state index contributed by atoms with van der Waals surface area (Å²) in [5.74, 6) is -5.08. The van der Waals surface area contributed by atoms with Crippen molar-refractivity contribution in [2.75, 3.05) is 6.54 Å². The van der Waals surface area contributed by atoms with E-state index in [-0.39, 0.29) is 0 Å². The van der Waals surface area contributed by atoms with Crippen LogP contribution in [0.2, 0.25) is 0 Å². The molecule has 0 bridgehead atoms. The summed E-state index contributed by atoms with van der Waals surface area (Å²) in [6.07, 6.45) is -6.88. The van der Waals surface area contributed by atoms with E-state index in [1.807, 2.05) is 0 Å². The van der Waals surface area contributed by atoms with E-state index in [2.05, 4.69) is 4.74 Å². The summed E-state index contributed by atoms with van der Waals surface area (Å²) in [5.41, 5.74) is 3.82. The van der Waals surface area contributed by atoms with E-state index in [1.165, 1.54) is 20.8 Å². The van der Waals surface area contributed by atoms with Gasteiger partial charge in [-0.3, -0.25) is 0 Å². The molecule has 0 aliphatic rings. The van der Waals surface area contributed by atoms with Gasteiger partial charge in [0.1, 0.15) is 5.60 Å². The Morgan fingerprint density at radius 1 is 1.22 bits per heavy atom. The van der Waals surface area contributed by atoms with Crippen LogP contribution in [-0.2, 0) is 4.74 Å². The fourth-order valence-corrected chi connectivity index (χ4v) is 0.846. The van der Waals surface area contributed by atoms with Crippen molar-refractivity contribution in [3.63, 3.8) is 0 Å². The molecule has 0 aromatic heterocycles. The van der Waals surface area contributed by atoms with Gasteiger partial charge >= 0.3 is 18.2 Å². The predicted octanol–water partition coefficient (Wildman–Crippen LogP) is 2.04. The molecule has 9 heteroatoms. The average Bonchev–Trinajstić information content (AvgIpc) is 2.09. The number of halogens is 5. The van der Waals surface area contributed by atoms with Crippen LogP contribution in [0.25, 0.3) is 0 Å². The van der Waals surface area contributed by atoms with Crippen LogP contribution in [0.3, 0.4) is 0 Å². The number of nitrogens with one attached hydrogen (secondary N) is 1. The van der Waals surface area contributed by atoms with E-state index in [1.54, 1.807) is 5.32 Å². The Morgan fingerprint density at radius 3 is 2.00 bits per heavy atom. The van der Waals surface area contributed by atoms with Gasteiger partial charge in [0.2, 0.25) is 0 Å². The third kappa shape index (κ3) is 5.03. The van der Waals surface area contributed by atoms with Gasteiger partial charge in [-0.05, 0) is 20.8 Å². The van der Waals surface area contributed by atoms with Crippen molar-refractivity contribution in [1.29, 1.82) is 0 Å². The highest BCUT2D eigenvalue weighted by Crippen LogP contribution is 2.37. The Hall–Kier alpha value is -1.12. The Labute approximate surface area is 101 Å². The molecule has 0 heterocycles. The van der Waals surface area contributed by atoms with E-state index in [0.717, 1.165) is 0 Å². The molecule has 18 heavy (non-hydrogen) atoms. The molecule has 1 unspecified atom stereocenters. The molecule has 0 fully saturated rings. The van der Waals surface area contributed by atoms with Crippen molar-refractivity contribution >= 4 is 6.09 Å². The maximum absolute atomic E-state index is 12.7. The smallest absolute Gasteiger partial charge is 0.444 e. The summed E-state index contributed by atoms with van der Waals surface area (Å²) in [5, 5.41) is 1.75. The van der Waals surface area contributed by atoms with E-state index in [0.29, 0.717) is 0 Å². The lowest BCUT2D eigenvalue weighted by Crippen LogP contribution is -2.56. The first-order valence-corrected chi connectivity index (χ1v) is 4.94. The fraction of sp³-hybridized carbons (Fsp3) is 0.889. The van der Waals surface area contributed by atoms with Crippen LogP contribution < -0.4 is 11.1 Å². The zero-order valence-electron chi connectivity index (χ0n) is 10.1. The van der Waals surface area contributed by atoms with Crippen LogP contribution in [0, 0.1) is 0 Å². The molecule has 0 spiro atoms. The van der Waals surface area contributed by atoms with Crippen molar-refractivity contribution in [2.24, 2.45) is 5.73 Å². The second kappa shape index (κ2) is 5.25. The minimum Gasteiger partial charge on any atom is -0.444 e. The molecule has 4 nitrogen and oxygen atoms in total. The average molecular weight is 278 g/mol. The van der Waals surface area contributed by atoms with Gasteiger partial charge < -0.3 is 15.8 Å². The Bertz CT molecular complexity index is 298. The molecule has 0 aromatic carbocycles. The van der Waals surface area contributed by atoms with Gasteiger partial charge in [0, 0.05) is 6.54 Å². The topological polar surface area (TPSA) is 64.3 Å². The highest BCUT2D eigenvalue weighted by atomic mass is 19.4. The maximum atomic E-state index is 12.7. The largest absolute Gasteiger partial charge is 0.455 e. The van der Waals surface area contributed by atoms with Gasteiger partial charge in [0.25, 0.3) is 0 Å². The number of amides is 1. The molecule has 0 radical (unpaired) electrons. The molecule has 0 aliphatic carbocycles. The van der Waals surface area contributed by atoms with Crippen LogP contribution in [-0.4, -0.2) is 36.4 Å². The number of rotatable bonds is 3. The molecule has 1 amide bonds. The summed E-state index contributed by atoms with van der Waals surface area (Å²) < 4.78 is 65.7. The number of ether oxygens (including phenoxy) is 1. The molecule has 3 N–H and O–H groups in total. The third-order valence-electron chi connectivity index (χ3n) is 1.71. The predicted molar refractivity (Wildman–Crippen MR) is 53.2 cm³/mol. The van der Waals surface area contributed by atoms with Gasteiger partial charge in [0.05, 0.1) is 6.04 Å². The van der Waals surface area contributed by atoms with Gasteiger partial charge in [-0.1, -0.05) is 0 Å². The van der Waals surface area contributed by atoms with E-state index in [4.69, 9.17) is 5.73 Å². The van der Waals surface area contributed by atoms with Gasteiger partial charge in [-0.2, -0.15) is 22.0 Å². The second-order valence-corrected chi connectivity index (χ2v) is 4.61. The highest BCUT2D eigenvalue weighted by Gasteiger charge is 2.61. The molecule has 0 aromatic rings. The van der Waals surface area contributed by atoms with Crippen molar-refractivity contribution in [3.05, 3.63) is 0 Å². The monoisotopic (exact) mass is 278 g/mol. The van der Waals surface area contributed by atoms with Gasteiger partial charge in [-0.25, -0.2) is 4.79 Å². The molecule has 0 rings (SSSR count). The Morgan fingerprint density at radius 2 is 1.67 bits per heavy atom. The molecule has 0 saturated carbocycles. The van der Waals surface area contributed by atoms with Crippen molar-refractivity contribution in [2.45, 2.75) is 44.5 Å². The van der Waals surface area contributed by atoms with E-state index >= 15 is 0 Å². The molecular formula is C9H15F5N2O2. The SMILES string of the molecule is CC(C)(C)OC(=O)NCC(N)C(F)(F)C(F)(F)F. The number of alkyl halides is 5. The summed E-state index contributed by atoms with van der Waals surface area (Å²) in [7, 11) is 0. The molecule has 0 saturated heterocycles. The van der Waals surface area contributed by atoms with Gasteiger partial charge in [0.15, 0.2) is 0 Å². The highest BCUT2D eigenvalue weighted by molar-refractivity contribution is 5.67. The quantitative estimate of drug-likeness (QED) is 0.776. The minimum absolute atomic E-state index is 0.888.